The highest BCUT2D eigenvalue weighted by Crippen LogP contribution is 2.42. The average molecular weight is 303 g/mol. The summed E-state index contributed by atoms with van der Waals surface area (Å²) in [5.74, 6) is 1.02. The van der Waals surface area contributed by atoms with Crippen LogP contribution in [0.1, 0.15) is 36.3 Å². The lowest BCUT2D eigenvalue weighted by Gasteiger charge is -2.13. The average Bonchev–Trinajstić information content (AvgIpc) is 3.22. The molecule has 6 heteroatoms. The molecule has 21 heavy (non-hydrogen) atoms. The number of carbonyl (C=O) groups excluding carboxylic acids is 1. The van der Waals surface area contributed by atoms with Gasteiger partial charge in [-0.2, -0.15) is 0 Å². The molecule has 0 saturated heterocycles. The van der Waals surface area contributed by atoms with E-state index in [9.17, 15) is 4.79 Å². The third kappa shape index (κ3) is 3.58. The fraction of sp³-hybridized carbons (Fsp3) is 0.400. The summed E-state index contributed by atoms with van der Waals surface area (Å²) in [4.78, 5) is 12.1. The predicted molar refractivity (Wildman–Crippen MR) is 81.8 cm³/mol. The number of aryl methyl sites for hydroxylation is 1. The molecule has 1 fully saturated rings. The van der Waals surface area contributed by atoms with E-state index in [-0.39, 0.29) is 5.91 Å². The van der Waals surface area contributed by atoms with Gasteiger partial charge in [-0.1, -0.05) is 29.0 Å². The molecule has 2 aromatic rings. The highest BCUT2D eigenvalue weighted by Gasteiger charge is 2.28. The van der Waals surface area contributed by atoms with Gasteiger partial charge >= 0.3 is 0 Å². The summed E-state index contributed by atoms with van der Waals surface area (Å²) < 4.78 is 5.61. The van der Waals surface area contributed by atoms with Crippen molar-refractivity contribution in [2.24, 2.45) is 0 Å². The number of nitrogens with zero attached hydrogens (tertiary/aromatic N) is 2. The number of amides is 1. The fourth-order valence-corrected chi connectivity index (χ4v) is 2.78. The molecule has 1 amide bonds. The minimum atomic E-state index is -0.582. The number of anilines is 1. The van der Waals surface area contributed by atoms with Crippen LogP contribution in [0.3, 0.4) is 0 Å². The summed E-state index contributed by atoms with van der Waals surface area (Å²) >= 11 is 1.45. The van der Waals surface area contributed by atoms with Crippen LogP contribution < -0.4 is 10.1 Å². The molecule has 0 radical (unpaired) electrons. The van der Waals surface area contributed by atoms with E-state index in [1.165, 1.54) is 24.2 Å². The van der Waals surface area contributed by atoms with Crippen molar-refractivity contribution >= 4 is 22.4 Å². The molecule has 0 spiro atoms. The minimum absolute atomic E-state index is 0.214. The largest absolute Gasteiger partial charge is 0.481 e. The molecule has 1 N–H and O–H groups in total. The van der Waals surface area contributed by atoms with Crippen molar-refractivity contribution in [1.82, 2.24) is 10.2 Å². The van der Waals surface area contributed by atoms with Gasteiger partial charge in [-0.25, -0.2) is 0 Å². The van der Waals surface area contributed by atoms with Crippen molar-refractivity contribution < 1.29 is 9.53 Å². The van der Waals surface area contributed by atoms with Crippen LogP contribution in [0.25, 0.3) is 0 Å². The molecule has 1 heterocycles. The maximum atomic E-state index is 12.1. The molecular formula is C15H17N3O2S. The number of aromatic nitrogens is 2. The molecule has 1 aromatic heterocycles. The van der Waals surface area contributed by atoms with E-state index in [4.69, 9.17) is 4.74 Å². The number of ether oxygens (including phenoxy) is 1. The highest BCUT2D eigenvalue weighted by atomic mass is 32.1. The highest BCUT2D eigenvalue weighted by molar-refractivity contribution is 7.15. The molecular weight excluding hydrogens is 286 g/mol. The molecule has 3 rings (SSSR count). The molecule has 5 nitrogen and oxygen atoms in total. The summed E-state index contributed by atoms with van der Waals surface area (Å²) in [5, 5.41) is 12.4. The van der Waals surface area contributed by atoms with Gasteiger partial charge in [-0.05, 0) is 38.8 Å². The van der Waals surface area contributed by atoms with Gasteiger partial charge in [-0.15, -0.1) is 10.2 Å². The molecule has 1 aromatic carbocycles. The molecule has 0 bridgehead atoms. The van der Waals surface area contributed by atoms with E-state index in [1.54, 1.807) is 6.92 Å². The first-order valence-corrected chi connectivity index (χ1v) is 7.81. The smallest absolute Gasteiger partial charge is 0.266 e. The van der Waals surface area contributed by atoms with Crippen LogP contribution >= 0.6 is 11.3 Å². The zero-order valence-electron chi connectivity index (χ0n) is 12.0. The fourth-order valence-electron chi connectivity index (χ4n) is 1.86. The number of carbonyl (C=O) groups is 1. The van der Waals surface area contributed by atoms with E-state index in [0.717, 1.165) is 10.6 Å². The summed E-state index contributed by atoms with van der Waals surface area (Å²) in [6, 6.07) is 7.61. The summed E-state index contributed by atoms with van der Waals surface area (Å²) in [6.45, 7) is 3.73. The van der Waals surface area contributed by atoms with Crippen LogP contribution in [0.5, 0.6) is 5.75 Å². The maximum Gasteiger partial charge on any atom is 0.266 e. The lowest BCUT2D eigenvalue weighted by molar-refractivity contribution is -0.122. The Kier molecular flexibility index (Phi) is 3.88. The van der Waals surface area contributed by atoms with Gasteiger partial charge < -0.3 is 4.74 Å². The number of hydrogen-bond acceptors (Lipinski definition) is 5. The summed E-state index contributed by atoms with van der Waals surface area (Å²) in [6.07, 6.45) is 1.77. The van der Waals surface area contributed by atoms with Crippen LogP contribution in [-0.4, -0.2) is 22.2 Å². The monoisotopic (exact) mass is 303 g/mol. The SMILES string of the molecule is Cc1ccc(O[C@H](C)C(=O)Nc2nnc(C3CC3)s2)cc1. The van der Waals surface area contributed by atoms with Crippen molar-refractivity contribution in [3.63, 3.8) is 0 Å². The molecule has 1 saturated carbocycles. The van der Waals surface area contributed by atoms with E-state index < -0.39 is 6.10 Å². The van der Waals surface area contributed by atoms with Gasteiger partial charge in [-0.3, -0.25) is 10.1 Å². The minimum Gasteiger partial charge on any atom is -0.481 e. The van der Waals surface area contributed by atoms with Crippen molar-refractivity contribution in [3.05, 3.63) is 34.8 Å². The van der Waals surface area contributed by atoms with Crippen LogP contribution in [-0.2, 0) is 4.79 Å². The first-order valence-electron chi connectivity index (χ1n) is 6.99. The Bertz CT molecular complexity index is 635. The second-order valence-corrected chi connectivity index (χ2v) is 6.29. The van der Waals surface area contributed by atoms with Gasteiger partial charge in [0, 0.05) is 5.92 Å². The third-order valence-corrected chi connectivity index (χ3v) is 4.30. The topological polar surface area (TPSA) is 64.1 Å². The zero-order valence-corrected chi connectivity index (χ0v) is 12.8. The van der Waals surface area contributed by atoms with E-state index in [1.807, 2.05) is 31.2 Å². The maximum absolute atomic E-state index is 12.1. The van der Waals surface area contributed by atoms with Gasteiger partial charge in [0.2, 0.25) is 5.13 Å². The number of nitrogens with one attached hydrogen (secondary N) is 1. The molecule has 0 aliphatic heterocycles. The lowest BCUT2D eigenvalue weighted by Crippen LogP contribution is -2.30. The summed E-state index contributed by atoms with van der Waals surface area (Å²) in [5.41, 5.74) is 1.15. The molecule has 1 aliphatic rings. The van der Waals surface area contributed by atoms with Crippen LogP contribution in [0.2, 0.25) is 0 Å². The summed E-state index contributed by atoms with van der Waals surface area (Å²) in [7, 11) is 0. The Hall–Kier alpha value is -1.95. The second kappa shape index (κ2) is 5.81. The second-order valence-electron chi connectivity index (χ2n) is 5.28. The number of rotatable bonds is 5. The predicted octanol–water partition coefficient (Wildman–Crippen LogP) is 3.13. The zero-order chi connectivity index (χ0) is 14.8. The normalized spacial score (nSPS) is 15.5. The Morgan fingerprint density at radius 1 is 1.33 bits per heavy atom. The molecule has 1 aliphatic carbocycles. The van der Waals surface area contributed by atoms with Gasteiger partial charge in [0.15, 0.2) is 6.10 Å². The van der Waals surface area contributed by atoms with Gasteiger partial charge in [0.05, 0.1) is 0 Å². The molecule has 0 unspecified atom stereocenters. The molecule has 110 valence electrons. The Morgan fingerprint density at radius 2 is 2.05 bits per heavy atom. The van der Waals surface area contributed by atoms with Crippen LogP contribution in [0, 0.1) is 6.92 Å². The quantitative estimate of drug-likeness (QED) is 0.921. The van der Waals surface area contributed by atoms with Crippen molar-refractivity contribution in [3.8, 4) is 5.75 Å². The third-order valence-electron chi connectivity index (χ3n) is 3.30. The lowest BCUT2D eigenvalue weighted by atomic mass is 10.2. The Labute approximate surface area is 127 Å². The van der Waals surface area contributed by atoms with Crippen molar-refractivity contribution in [2.75, 3.05) is 5.32 Å². The van der Waals surface area contributed by atoms with Gasteiger partial charge in [0.25, 0.3) is 5.91 Å². The van der Waals surface area contributed by atoms with Crippen LogP contribution in [0.15, 0.2) is 24.3 Å². The number of hydrogen-bond donors (Lipinski definition) is 1. The Morgan fingerprint density at radius 3 is 2.71 bits per heavy atom. The standard InChI is InChI=1S/C15H17N3O2S/c1-9-3-7-12(8-4-9)20-10(2)13(19)16-15-18-17-14(21-15)11-5-6-11/h3-4,7-8,10-11H,5-6H2,1-2H3,(H,16,18,19)/t10-/m1/s1. The molecule has 1 atom stereocenters. The van der Waals surface area contributed by atoms with E-state index in [2.05, 4.69) is 15.5 Å². The Balaban J connectivity index is 1.57. The van der Waals surface area contributed by atoms with E-state index in [0.29, 0.717) is 16.8 Å². The van der Waals surface area contributed by atoms with Crippen molar-refractivity contribution in [1.29, 1.82) is 0 Å². The number of benzene rings is 1. The first-order chi connectivity index (χ1) is 10.1. The van der Waals surface area contributed by atoms with E-state index >= 15 is 0 Å². The first kappa shape index (κ1) is 14.0. The van der Waals surface area contributed by atoms with Gasteiger partial charge in [0.1, 0.15) is 10.8 Å². The van der Waals surface area contributed by atoms with Crippen molar-refractivity contribution in [2.45, 2.75) is 38.7 Å². The van der Waals surface area contributed by atoms with Crippen LogP contribution in [0.4, 0.5) is 5.13 Å².